The summed E-state index contributed by atoms with van der Waals surface area (Å²) in [6.07, 6.45) is 0. The van der Waals surface area contributed by atoms with Crippen molar-refractivity contribution in [3.05, 3.63) is 64.6 Å². The van der Waals surface area contributed by atoms with E-state index < -0.39 is 22.0 Å². The van der Waals surface area contributed by atoms with Gasteiger partial charge in [0.2, 0.25) is 10.0 Å². The lowest BCUT2D eigenvalue weighted by Crippen LogP contribution is -2.41. The Hall–Kier alpha value is -1.70. The first-order valence-corrected chi connectivity index (χ1v) is 8.21. The van der Waals surface area contributed by atoms with Crippen LogP contribution in [0.3, 0.4) is 0 Å². The molecule has 7 heteroatoms. The molecular weight excluding hydrogens is 358 g/mol. The number of carbonyl (C=O) groups excluding carboxylic acids is 1. The van der Waals surface area contributed by atoms with Crippen molar-refractivity contribution >= 4 is 31.9 Å². The Morgan fingerprint density at radius 1 is 1.05 bits per heavy atom. The zero-order valence-electron chi connectivity index (χ0n) is 10.7. The van der Waals surface area contributed by atoms with Crippen LogP contribution < -0.4 is 9.83 Å². The lowest BCUT2D eigenvalue weighted by molar-refractivity contribution is -0.308. The standard InChI is InChI=1S/C14H12BrNO4S/c15-11-8-6-10(7-9-11)13(14(17)18)16-21(19,20)12-4-2-1-3-5-12/h1-9,13,16H,(H,17,18)/p-1/t13-/m1/s1. The minimum Gasteiger partial charge on any atom is -0.548 e. The summed E-state index contributed by atoms with van der Waals surface area (Å²) in [5, 5.41) is 11.2. The van der Waals surface area contributed by atoms with Gasteiger partial charge in [0, 0.05) is 4.47 Å². The molecule has 0 fully saturated rings. The Bertz CT molecular complexity index is 729. The van der Waals surface area contributed by atoms with E-state index in [1.807, 2.05) is 0 Å². The van der Waals surface area contributed by atoms with Gasteiger partial charge in [0.25, 0.3) is 0 Å². The second-order valence-electron chi connectivity index (χ2n) is 4.24. The molecule has 0 aliphatic heterocycles. The fourth-order valence-electron chi connectivity index (χ4n) is 1.73. The van der Waals surface area contributed by atoms with Crippen LogP contribution in [-0.2, 0) is 14.8 Å². The number of hydrogen-bond donors (Lipinski definition) is 1. The molecule has 0 spiro atoms. The van der Waals surface area contributed by atoms with Gasteiger partial charge < -0.3 is 9.90 Å². The lowest BCUT2D eigenvalue weighted by Gasteiger charge is -2.20. The third kappa shape index (κ3) is 3.90. The molecule has 0 unspecified atom stereocenters. The summed E-state index contributed by atoms with van der Waals surface area (Å²) < 4.78 is 27.2. The van der Waals surface area contributed by atoms with Gasteiger partial charge in [0.05, 0.1) is 16.9 Å². The Balaban J connectivity index is 2.33. The Morgan fingerprint density at radius 3 is 2.14 bits per heavy atom. The third-order valence-corrected chi connectivity index (χ3v) is 4.73. The van der Waals surface area contributed by atoms with E-state index in [9.17, 15) is 18.3 Å². The molecule has 2 rings (SSSR count). The second-order valence-corrected chi connectivity index (χ2v) is 6.87. The van der Waals surface area contributed by atoms with Gasteiger partial charge in [-0.05, 0) is 29.8 Å². The van der Waals surface area contributed by atoms with Crippen LogP contribution in [0.2, 0.25) is 0 Å². The molecule has 1 atom stereocenters. The van der Waals surface area contributed by atoms with Crippen molar-refractivity contribution in [3.63, 3.8) is 0 Å². The smallest absolute Gasteiger partial charge is 0.241 e. The van der Waals surface area contributed by atoms with Gasteiger partial charge in [-0.2, -0.15) is 4.72 Å². The molecule has 21 heavy (non-hydrogen) atoms. The van der Waals surface area contributed by atoms with Crippen molar-refractivity contribution in [2.45, 2.75) is 10.9 Å². The molecule has 0 heterocycles. The molecule has 0 radical (unpaired) electrons. The Morgan fingerprint density at radius 2 is 1.62 bits per heavy atom. The quantitative estimate of drug-likeness (QED) is 0.859. The molecule has 0 amide bonds. The number of halogens is 1. The topological polar surface area (TPSA) is 86.3 Å². The van der Waals surface area contributed by atoms with Crippen LogP contribution >= 0.6 is 15.9 Å². The van der Waals surface area contributed by atoms with Gasteiger partial charge in [-0.1, -0.05) is 46.3 Å². The number of rotatable bonds is 5. The van der Waals surface area contributed by atoms with Crippen LogP contribution in [-0.4, -0.2) is 14.4 Å². The lowest BCUT2D eigenvalue weighted by atomic mass is 10.1. The van der Waals surface area contributed by atoms with Gasteiger partial charge in [0.1, 0.15) is 0 Å². The monoisotopic (exact) mass is 368 g/mol. The maximum Gasteiger partial charge on any atom is 0.241 e. The summed E-state index contributed by atoms with van der Waals surface area (Å²) in [5.41, 5.74) is 0.290. The molecule has 0 saturated carbocycles. The van der Waals surface area contributed by atoms with Gasteiger partial charge in [-0.25, -0.2) is 8.42 Å². The Kier molecular flexibility index (Phi) is 4.76. The minimum absolute atomic E-state index is 0.00615. The first-order chi connectivity index (χ1) is 9.90. The first-order valence-electron chi connectivity index (χ1n) is 5.94. The van der Waals surface area contributed by atoms with Crippen molar-refractivity contribution in [1.82, 2.24) is 4.72 Å². The Labute approximate surface area is 130 Å². The largest absolute Gasteiger partial charge is 0.548 e. The van der Waals surface area contributed by atoms with Gasteiger partial charge in [0.15, 0.2) is 0 Å². The number of carbonyl (C=O) groups is 1. The van der Waals surface area contributed by atoms with Crippen molar-refractivity contribution < 1.29 is 18.3 Å². The van der Waals surface area contributed by atoms with Crippen LogP contribution in [0, 0.1) is 0 Å². The predicted octanol–water partition coefficient (Wildman–Crippen LogP) is 1.22. The zero-order chi connectivity index (χ0) is 15.5. The number of nitrogens with one attached hydrogen (secondary N) is 1. The van der Waals surface area contributed by atoms with Crippen LogP contribution in [0.25, 0.3) is 0 Å². The van der Waals surface area contributed by atoms with Gasteiger partial charge >= 0.3 is 0 Å². The van der Waals surface area contributed by atoms with E-state index in [0.717, 1.165) is 4.47 Å². The van der Waals surface area contributed by atoms with Gasteiger partial charge in [-0.15, -0.1) is 0 Å². The highest BCUT2D eigenvalue weighted by Gasteiger charge is 2.22. The fraction of sp³-hybridized carbons (Fsp3) is 0.0714. The van der Waals surface area contributed by atoms with E-state index in [2.05, 4.69) is 20.7 Å². The van der Waals surface area contributed by atoms with E-state index in [1.54, 1.807) is 30.3 Å². The normalized spacial score (nSPS) is 12.8. The minimum atomic E-state index is -3.95. The summed E-state index contributed by atoms with van der Waals surface area (Å²) in [6.45, 7) is 0. The van der Waals surface area contributed by atoms with Crippen molar-refractivity contribution in [2.75, 3.05) is 0 Å². The summed E-state index contributed by atoms with van der Waals surface area (Å²) >= 11 is 3.23. The summed E-state index contributed by atoms with van der Waals surface area (Å²) in [4.78, 5) is 11.2. The van der Waals surface area contributed by atoms with E-state index in [4.69, 9.17) is 0 Å². The van der Waals surface area contributed by atoms with E-state index in [0.29, 0.717) is 0 Å². The number of aliphatic carboxylic acids is 1. The highest BCUT2D eigenvalue weighted by atomic mass is 79.9. The summed E-state index contributed by atoms with van der Waals surface area (Å²) in [6, 6.07) is 12.4. The molecule has 2 aromatic rings. The van der Waals surface area contributed by atoms with Crippen LogP contribution in [0.15, 0.2) is 64.0 Å². The highest BCUT2D eigenvalue weighted by Crippen LogP contribution is 2.19. The van der Waals surface area contributed by atoms with Crippen molar-refractivity contribution in [1.29, 1.82) is 0 Å². The summed E-state index contributed by atoms with van der Waals surface area (Å²) in [5.74, 6) is -1.52. The number of sulfonamides is 1. The number of hydrogen-bond acceptors (Lipinski definition) is 4. The van der Waals surface area contributed by atoms with E-state index in [1.165, 1.54) is 24.3 Å². The van der Waals surface area contributed by atoms with Crippen LogP contribution in [0.5, 0.6) is 0 Å². The highest BCUT2D eigenvalue weighted by molar-refractivity contribution is 9.10. The molecular formula is C14H11BrNO4S-. The van der Waals surface area contributed by atoms with E-state index in [-0.39, 0.29) is 10.5 Å². The maximum atomic E-state index is 12.2. The molecule has 1 N–H and O–H groups in total. The SMILES string of the molecule is O=C([O-])[C@H](NS(=O)(=O)c1ccccc1)c1ccc(Br)cc1. The number of benzene rings is 2. The van der Waals surface area contributed by atoms with Gasteiger partial charge in [-0.3, -0.25) is 0 Å². The molecule has 5 nitrogen and oxygen atoms in total. The van der Waals surface area contributed by atoms with Crippen molar-refractivity contribution in [3.8, 4) is 0 Å². The second kappa shape index (κ2) is 6.38. The van der Waals surface area contributed by atoms with E-state index >= 15 is 0 Å². The molecule has 0 aliphatic rings. The molecule has 0 bridgehead atoms. The molecule has 0 aromatic heterocycles. The first kappa shape index (κ1) is 15.7. The summed E-state index contributed by atoms with van der Waals surface area (Å²) in [7, 11) is -3.95. The average Bonchev–Trinajstić information content (AvgIpc) is 2.47. The third-order valence-electron chi connectivity index (χ3n) is 2.77. The maximum absolute atomic E-state index is 12.2. The molecule has 110 valence electrons. The molecule has 0 saturated heterocycles. The molecule has 2 aromatic carbocycles. The predicted molar refractivity (Wildman–Crippen MR) is 78.7 cm³/mol. The average molecular weight is 369 g/mol. The number of carboxylic acid groups (broad SMARTS) is 1. The zero-order valence-corrected chi connectivity index (χ0v) is 13.1. The molecule has 0 aliphatic carbocycles. The number of carboxylic acids is 1. The van der Waals surface area contributed by atoms with Crippen LogP contribution in [0.4, 0.5) is 0 Å². The van der Waals surface area contributed by atoms with Crippen molar-refractivity contribution in [2.24, 2.45) is 0 Å². The van der Waals surface area contributed by atoms with Crippen LogP contribution in [0.1, 0.15) is 11.6 Å². The fourth-order valence-corrected chi connectivity index (χ4v) is 3.19.